The van der Waals surface area contributed by atoms with Gasteiger partial charge in [-0.05, 0) is 17.5 Å². The highest BCUT2D eigenvalue weighted by molar-refractivity contribution is 7.91. The largest absolute Gasteiger partial charge is 0.396 e. The second kappa shape index (κ2) is 4.89. The summed E-state index contributed by atoms with van der Waals surface area (Å²) in [5.74, 6) is -0.316. The Morgan fingerprint density at radius 2 is 1.68 bits per heavy atom. The number of hydrogen-bond acceptors (Lipinski definition) is 4. The molecule has 2 atom stereocenters. The van der Waals surface area contributed by atoms with E-state index in [9.17, 15) is 18.6 Å². The number of aliphatic hydroxyl groups is 2. The van der Waals surface area contributed by atoms with Crippen molar-refractivity contribution in [2.24, 2.45) is 5.41 Å². The summed E-state index contributed by atoms with van der Waals surface area (Å²) in [7, 11) is -3.29. The normalized spacial score (nSPS) is 25.3. The van der Waals surface area contributed by atoms with Crippen LogP contribution in [0.3, 0.4) is 0 Å². The predicted octanol–water partition coefficient (Wildman–Crippen LogP) is 0.730. The van der Waals surface area contributed by atoms with E-state index < -0.39 is 20.5 Å². The first kappa shape index (κ1) is 14.5. The molecule has 2 unspecified atom stereocenters. The number of aryl methyl sites for hydroxylation is 1. The van der Waals surface area contributed by atoms with Crippen LogP contribution >= 0.6 is 0 Å². The van der Waals surface area contributed by atoms with Crippen molar-refractivity contribution < 1.29 is 18.6 Å². The van der Waals surface area contributed by atoms with Gasteiger partial charge in [-0.3, -0.25) is 0 Å². The molecule has 0 amide bonds. The van der Waals surface area contributed by atoms with E-state index >= 15 is 0 Å². The van der Waals surface area contributed by atoms with Gasteiger partial charge in [0.1, 0.15) is 0 Å². The zero-order valence-electron chi connectivity index (χ0n) is 11.2. The summed E-state index contributed by atoms with van der Waals surface area (Å²) < 4.78 is 23.6. The van der Waals surface area contributed by atoms with Crippen molar-refractivity contribution in [2.45, 2.75) is 24.5 Å². The molecule has 0 radical (unpaired) electrons. The van der Waals surface area contributed by atoms with Crippen LogP contribution in [0.1, 0.15) is 24.0 Å². The lowest BCUT2D eigenvalue weighted by atomic mass is 9.99. The van der Waals surface area contributed by atoms with Gasteiger partial charge < -0.3 is 10.2 Å². The Labute approximate surface area is 114 Å². The summed E-state index contributed by atoms with van der Waals surface area (Å²) in [6.07, 6.45) is 2.09. The minimum atomic E-state index is -3.29. The molecule has 1 fully saturated rings. The first-order valence-electron chi connectivity index (χ1n) is 6.40. The van der Waals surface area contributed by atoms with Crippen LogP contribution in [0.2, 0.25) is 0 Å². The van der Waals surface area contributed by atoms with E-state index in [0.717, 1.165) is 18.2 Å². The van der Waals surface area contributed by atoms with Crippen LogP contribution in [0.5, 0.6) is 0 Å². The second-order valence-electron chi connectivity index (χ2n) is 5.37. The Kier molecular flexibility index (Phi) is 3.73. The smallest absolute Gasteiger partial charge is 0.151 e. The van der Waals surface area contributed by atoms with Crippen molar-refractivity contribution in [1.29, 1.82) is 0 Å². The van der Waals surface area contributed by atoms with E-state index in [1.54, 1.807) is 0 Å². The van der Waals surface area contributed by atoms with E-state index in [2.05, 4.69) is 6.92 Å². The summed E-state index contributed by atoms with van der Waals surface area (Å²) in [6, 6.07) is 7.72. The van der Waals surface area contributed by atoms with Crippen LogP contribution in [0.25, 0.3) is 0 Å². The molecule has 1 aliphatic rings. The fourth-order valence-corrected chi connectivity index (χ4v) is 5.01. The predicted molar refractivity (Wildman–Crippen MR) is 73.8 cm³/mol. The van der Waals surface area contributed by atoms with Crippen molar-refractivity contribution in [1.82, 2.24) is 0 Å². The average Bonchev–Trinajstić information content (AvgIpc) is 3.09. The van der Waals surface area contributed by atoms with Crippen LogP contribution in [0, 0.1) is 5.41 Å². The number of aliphatic hydroxyl groups excluding tert-OH is 2. The number of benzene rings is 1. The standard InChI is InChI=1S/C14H20O4S/c1-3-10-4-6-11(7-5-10)12-13(19(2,17)18)14(12,8-15)9-16/h4-7,12-13,15-16H,3,8-9H2,1-2H3. The zero-order valence-corrected chi connectivity index (χ0v) is 12.0. The molecule has 4 nitrogen and oxygen atoms in total. The lowest BCUT2D eigenvalue weighted by Gasteiger charge is -2.10. The third-order valence-electron chi connectivity index (χ3n) is 4.18. The first-order valence-corrected chi connectivity index (χ1v) is 8.35. The van der Waals surface area contributed by atoms with Crippen LogP contribution in [-0.4, -0.2) is 43.4 Å². The van der Waals surface area contributed by atoms with E-state index in [0.29, 0.717) is 0 Å². The van der Waals surface area contributed by atoms with Gasteiger partial charge in [-0.1, -0.05) is 31.2 Å². The molecule has 0 bridgehead atoms. The molecule has 2 N–H and O–H groups in total. The summed E-state index contributed by atoms with van der Waals surface area (Å²) in [6.45, 7) is 1.42. The lowest BCUT2D eigenvalue weighted by Crippen LogP contribution is -2.22. The topological polar surface area (TPSA) is 74.6 Å². The van der Waals surface area contributed by atoms with Crippen LogP contribution < -0.4 is 0 Å². The van der Waals surface area contributed by atoms with Gasteiger partial charge in [0.25, 0.3) is 0 Å². The summed E-state index contributed by atoms with van der Waals surface area (Å²) in [5.41, 5.74) is 1.12. The van der Waals surface area contributed by atoms with E-state index in [-0.39, 0.29) is 19.1 Å². The highest BCUT2D eigenvalue weighted by Gasteiger charge is 2.69. The molecule has 0 heterocycles. The minimum Gasteiger partial charge on any atom is -0.396 e. The number of rotatable bonds is 5. The zero-order chi connectivity index (χ0) is 14.3. The third kappa shape index (κ3) is 2.30. The number of sulfone groups is 1. The molecule has 106 valence electrons. The fourth-order valence-electron chi connectivity index (χ4n) is 3.02. The SMILES string of the molecule is CCc1ccc(C2C(S(C)(=O)=O)C2(CO)CO)cc1. The van der Waals surface area contributed by atoms with Crippen LogP contribution in [0.15, 0.2) is 24.3 Å². The second-order valence-corrected chi connectivity index (χ2v) is 7.54. The minimum absolute atomic E-state index is 0.316. The average molecular weight is 284 g/mol. The molecule has 0 spiro atoms. The van der Waals surface area contributed by atoms with E-state index in [1.165, 1.54) is 5.56 Å². The molecular weight excluding hydrogens is 264 g/mol. The fraction of sp³-hybridized carbons (Fsp3) is 0.571. The Morgan fingerprint density at radius 3 is 2.00 bits per heavy atom. The Hall–Kier alpha value is -0.910. The van der Waals surface area contributed by atoms with Gasteiger partial charge >= 0.3 is 0 Å². The molecule has 1 aromatic rings. The maximum atomic E-state index is 11.8. The first-order chi connectivity index (χ1) is 8.90. The molecule has 0 aromatic heterocycles. The lowest BCUT2D eigenvalue weighted by molar-refractivity contribution is 0.130. The summed E-state index contributed by atoms with van der Waals surface area (Å²) >= 11 is 0. The quantitative estimate of drug-likeness (QED) is 0.836. The van der Waals surface area contributed by atoms with Gasteiger partial charge in [0.2, 0.25) is 0 Å². The van der Waals surface area contributed by atoms with Crippen molar-refractivity contribution in [3.8, 4) is 0 Å². The molecular formula is C14H20O4S. The van der Waals surface area contributed by atoms with Crippen molar-refractivity contribution in [3.63, 3.8) is 0 Å². The molecule has 0 saturated heterocycles. The maximum Gasteiger partial charge on any atom is 0.151 e. The van der Waals surface area contributed by atoms with Gasteiger partial charge in [0, 0.05) is 17.6 Å². The van der Waals surface area contributed by atoms with Gasteiger partial charge in [-0.15, -0.1) is 0 Å². The van der Waals surface area contributed by atoms with Crippen LogP contribution in [0.4, 0.5) is 0 Å². The Morgan fingerprint density at radius 1 is 1.16 bits per heavy atom. The highest BCUT2D eigenvalue weighted by Crippen LogP contribution is 2.62. The summed E-state index contributed by atoms with van der Waals surface area (Å²) in [5, 5.41) is 18.3. The highest BCUT2D eigenvalue weighted by atomic mass is 32.2. The molecule has 1 aromatic carbocycles. The van der Waals surface area contributed by atoms with Gasteiger partial charge in [-0.2, -0.15) is 0 Å². The molecule has 1 aliphatic carbocycles. The monoisotopic (exact) mass is 284 g/mol. The Balaban J connectivity index is 2.37. The van der Waals surface area contributed by atoms with Crippen molar-refractivity contribution in [2.75, 3.05) is 19.5 Å². The van der Waals surface area contributed by atoms with Crippen LogP contribution in [-0.2, 0) is 16.3 Å². The van der Waals surface area contributed by atoms with Gasteiger partial charge in [0.15, 0.2) is 9.84 Å². The number of hydrogen-bond donors (Lipinski definition) is 2. The summed E-state index contributed by atoms with van der Waals surface area (Å²) in [4.78, 5) is 0. The van der Waals surface area contributed by atoms with Gasteiger partial charge in [0.05, 0.1) is 18.5 Å². The van der Waals surface area contributed by atoms with E-state index in [4.69, 9.17) is 0 Å². The maximum absolute atomic E-state index is 11.8. The Bertz CT molecular complexity index is 543. The third-order valence-corrected chi connectivity index (χ3v) is 5.84. The molecule has 2 rings (SSSR count). The molecule has 19 heavy (non-hydrogen) atoms. The van der Waals surface area contributed by atoms with Crippen molar-refractivity contribution >= 4 is 9.84 Å². The van der Waals surface area contributed by atoms with E-state index in [1.807, 2.05) is 24.3 Å². The van der Waals surface area contributed by atoms with Crippen molar-refractivity contribution in [3.05, 3.63) is 35.4 Å². The molecule has 5 heteroatoms. The van der Waals surface area contributed by atoms with Gasteiger partial charge in [-0.25, -0.2) is 8.42 Å². The molecule has 0 aliphatic heterocycles. The molecule has 1 saturated carbocycles.